The maximum absolute atomic E-state index is 9.03. The molecule has 0 radical (unpaired) electrons. The third-order valence-corrected chi connectivity index (χ3v) is 2.98. The van der Waals surface area contributed by atoms with Gasteiger partial charge in [0, 0.05) is 31.2 Å². The van der Waals surface area contributed by atoms with E-state index in [1.165, 1.54) is 0 Å². The van der Waals surface area contributed by atoms with Gasteiger partial charge in [0.05, 0.1) is 11.3 Å². The Balaban J connectivity index is 1.86. The number of hydrogen-bond acceptors (Lipinski definition) is 4. The second-order valence-corrected chi connectivity index (χ2v) is 4.37. The van der Waals surface area contributed by atoms with Gasteiger partial charge in [0.25, 0.3) is 0 Å². The quantitative estimate of drug-likeness (QED) is 0.633. The average Bonchev–Trinajstić information content (AvgIpc) is 2.81. The molecule has 0 saturated carbocycles. The minimum atomic E-state index is 0.582. The Hall–Kier alpha value is -2.48. The lowest BCUT2D eigenvalue weighted by Gasteiger charge is -2.09. The number of aryl methyl sites for hydroxylation is 2. The van der Waals surface area contributed by atoms with Crippen molar-refractivity contribution in [2.24, 2.45) is 0 Å². The number of nitrogens with one attached hydrogen (secondary N) is 1. The predicted octanol–water partition coefficient (Wildman–Crippen LogP) is 2.15. The van der Waals surface area contributed by atoms with E-state index < -0.39 is 0 Å². The molecule has 0 saturated heterocycles. The summed E-state index contributed by atoms with van der Waals surface area (Å²) in [5.41, 5.74) is 7.67. The maximum atomic E-state index is 9.03. The summed E-state index contributed by atoms with van der Waals surface area (Å²) in [6.07, 6.45) is 4.74. The van der Waals surface area contributed by atoms with Gasteiger partial charge >= 0.3 is 0 Å². The molecule has 3 N–H and O–H groups in total. The Morgan fingerprint density at radius 3 is 3.00 bits per heavy atom. The first-order valence-corrected chi connectivity index (χ1v) is 6.22. The van der Waals surface area contributed by atoms with Gasteiger partial charge < -0.3 is 15.6 Å². The van der Waals surface area contributed by atoms with Crippen LogP contribution in [0.2, 0.25) is 0 Å². The van der Waals surface area contributed by atoms with E-state index in [0.29, 0.717) is 11.3 Å². The molecule has 2 rings (SSSR count). The number of nitrogens with two attached hydrogens (primary N) is 1. The Kier molecular flexibility index (Phi) is 4.04. The monoisotopic (exact) mass is 255 g/mol. The third-order valence-electron chi connectivity index (χ3n) is 2.98. The fraction of sp³-hybridized carbons (Fsp3) is 0.286. The van der Waals surface area contributed by atoms with Crippen molar-refractivity contribution in [2.45, 2.75) is 19.9 Å². The minimum Gasteiger partial charge on any atom is -0.399 e. The van der Waals surface area contributed by atoms with E-state index in [2.05, 4.69) is 20.9 Å². The zero-order valence-electron chi connectivity index (χ0n) is 10.9. The Labute approximate surface area is 112 Å². The smallest absolute Gasteiger partial charge is 0.105 e. The van der Waals surface area contributed by atoms with Gasteiger partial charge in [0.1, 0.15) is 11.9 Å². The summed E-state index contributed by atoms with van der Waals surface area (Å²) >= 11 is 0. The average molecular weight is 255 g/mol. The molecule has 5 nitrogen and oxygen atoms in total. The van der Waals surface area contributed by atoms with Gasteiger partial charge in [-0.05, 0) is 31.5 Å². The molecule has 1 heterocycles. The van der Waals surface area contributed by atoms with Crippen molar-refractivity contribution in [3.8, 4) is 6.07 Å². The second kappa shape index (κ2) is 5.91. The molecule has 0 fully saturated rings. The number of anilines is 2. The Morgan fingerprint density at radius 2 is 2.32 bits per heavy atom. The van der Waals surface area contributed by atoms with Crippen LogP contribution in [-0.2, 0) is 6.54 Å². The number of rotatable bonds is 5. The number of nitrogens with zero attached hydrogens (tertiary/aromatic N) is 3. The molecule has 2 aromatic rings. The number of aromatic nitrogens is 2. The first-order chi connectivity index (χ1) is 9.20. The summed E-state index contributed by atoms with van der Waals surface area (Å²) in [5.74, 6) is 1.02. The normalized spacial score (nSPS) is 10.1. The van der Waals surface area contributed by atoms with Crippen LogP contribution in [0.25, 0.3) is 0 Å². The summed E-state index contributed by atoms with van der Waals surface area (Å²) in [7, 11) is 0. The van der Waals surface area contributed by atoms with Gasteiger partial charge in [0.15, 0.2) is 0 Å². The standard InChI is InChI=1S/C14H17N5/c1-11-17-6-8-19(11)7-2-5-18-14-4-3-13(16)9-12(14)10-15/h3-4,6,8-9,18H,2,5,7,16H2,1H3. The lowest BCUT2D eigenvalue weighted by Crippen LogP contribution is -2.08. The molecule has 0 unspecified atom stereocenters. The van der Waals surface area contributed by atoms with E-state index >= 15 is 0 Å². The predicted molar refractivity (Wildman–Crippen MR) is 75.6 cm³/mol. The van der Waals surface area contributed by atoms with E-state index in [1.807, 2.05) is 19.2 Å². The molecule has 0 aliphatic rings. The van der Waals surface area contributed by atoms with Crippen LogP contribution in [-0.4, -0.2) is 16.1 Å². The topological polar surface area (TPSA) is 79.7 Å². The number of imidazole rings is 1. The van der Waals surface area contributed by atoms with Crippen molar-refractivity contribution in [1.29, 1.82) is 5.26 Å². The minimum absolute atomic E-state index is 0.582. The van der Waals surface area contributed by atoms with E-state index in [-0.39, 0.29) is 0 Å². The van der Waals surface area contributed by atoms with Crippen LogP contribution in [0, 0.1) is 18.3 Å². The largest absolute Gasteiger partial charge is 0.399 e. The molecule has 0 aliphatic heterocycles. The van der Waals surface area contributed by atoms with Crippen molar-refractivity contribution < 1.29 is 0 Å². The SMILES string of the molecule is Cc1nccn1CCCNc1ccc(N)cc1C#N. The third kappa shape index (κ3) is 3.26. The maximum Gasteiger partial charge on any atom is 0.105 e. The van der Waals surface area contributed by atoms with Crippen molar-refractivity contribution >= 4 is 11.4 Å². The highest BCUT2D eigenvalue weighted by Crippen LogP contribution is 2.17. The number of nitrogen functional groups attached to an aromatic ring is 1. The lowest BCUT2D eigenvalue weighted by atomic mass is 10.1. The molecule has 1 aromatic carbocycles. The van der Waals surface area contributed by atoms with Crippen LogP contribution >= 0.6 is 0 Å². The molecule has 0 amide bonds. The van der Waals surface area contributed by atoms with E-state index in [9.17, 15) is 0 Å². The molecule has 1 aromatic heterocycles. The van der Waals surface area contributed by atoms with Crippen molar-refractivity contribution in [1.82, 2.24) is 9.55 Å². The van der Waals surface area contributed by atoms with Gasteiger partial charge in [-0.1, -0.05) is 0 Å². The van der Waals surface area contributed by atoms with Crippen molar-refractivity contribution in [3.63, 3.8) is 0 Å². The van der Waals surface area contributed by atoms with Crippen LogP contribution in [0.15, 0.2) is 30.6 Å². The highest BCUT2D eigenvalue weighted by molar-refractivity contribution is 5.62. The highest BCUT2D eigenvalue weighted by atomic mass is 15.1. The van der Waals surface area contributed by atoms with E-state index in [0.717, 1.165) is 31.0 Å². The summed E-state index contributed by atoms with van der Waals surface area (Å²) in [5, 5.41) is 12.3. The van der Waals surface area contributed by atoms with Crippen LogP contribution in [0.4, 0.5) is 11.4 Å². The second-order valence-electron chi connectivity index (χ2n) is 4.37. The molecular formula is C14H17N5. The molecular weight excluding hydrogens is 238 g/mol. The van der Waals surface area contributed by atoms with E-state index in [1.54, 1.807) is 18.3 Å². The van der Waals surface area contributed by atoms with Crippen LogP contribution < -0.4 is 11.1 Å². The molecule has 98 valence electrons. The number of benzene rings is 1. The first kappa shape index (κ1) is 13.0. The summed E-state index contributed by atoms with van der Waals surface area (Å²) in [4.78, 5) is 4.18. The van der Waals surface area contributed by atoms with Crippen molar-refractivity contribution in [3.05, 3.63) is 42.0 Å². The van der Waals surface area contributed by atoms with Gasteiger partial charge in [-0.3, -0.25) is 0 Å². The summed E-state index contributed by atoms with van der Waals surface area (Å²) in [6, 6.07) is 7.46. The molecule has 0 bridgehead atoms. The number of hydrogen-bond donors (Lipinski definition) is 2. The lowest BCUT2D eigenvalue weighted by molar-refractivity contribution is 0.642. The van der Waals surface area contributed by atoms with E-state index in [4.69, 9.17) is 11.0 Å². The molecule has 19 heavy (non-hydrogen) atoms. The van der Waals surface area contributed by atoms with Gasteiger partial charge in [0.2, 0.25) is 0 Å². The Bertz CT molecular complexity index is 594. The van der Waals surface area contributed by atoms with Crippen LogP contribution in [0.3, 0.4) is 0 Å². The molecule has 0 atom stereocenters. The zero-order valence-corrected chi connectivity index (χ0v) is 10.9. The highest BCUT2D eigenvalue weighted by Gasteiger charge is 2.02. The first-order valence-electron chi connectivity index (χ1n) is 6.22. The van der Waals surface area contributed by atoms with Crippen molar-refractivity contribution in [2.75, 3.05) is 17.6 Å². The summed E-state index contributed by atoms with van der Waals surface area (Å²) < 4.78 is 2.11. The molecule has 0 aliphatic carbocycles. The Morgan fingerprint density at radius 1 is 1.47 bits per heavy atom. The molecule has 0 spiro atoms. The fourth-order valence-electron chi connectivity index (χ4n) is 1.92. The number of nitriles is 1. The van der Waals surface area contributed by atoms with Gasteiger partial charge in [-0.2, -0.15) is 5.26 Å². The van der Waals surface area contributed by atoms with Crippen LogP contribution in [0.1, 0.15) is 17.8 Å². The van der Waals surface area contributed by atoms with Gasteiger partial charge in [-0.15, -0.1) is 0 Å². The molecule has 5 heteroatoms. The van der Waals surface area contributed by atoms with Gasteiger partial charge in [-0.25, -0.2) is 4.98 Å². The zero-order chi connectivity index (χ0) is 13.7. The summed E-state index contributed by atoms with van der Waals surface area (Å²) in [6.45, 7) is 3.70. The van der Waals surface area contributed by atoms with Crippen LogP contribution in [0.5, 0.6) is 0 Å². The fourth-order valence-corrected chi connectivity index (χ4v) is 1.92.